The topological polar surface area (TPSA) is 43.6 Å². The van der Waals surface area contributed by atoms with E-state index in [0.29, 0.717) is 0 Å². The molecule has 4 nitrogen and oxygen atoms in total. The smallest absolute Gasteiger partial charge is 0.145 e. The van der Waals surface area contributed by atoms with Gasteiger partial charge in [-0.15, -0.1) is 0 Å². The van der Waals surface area contributed by atoms with Crippen molar-refractivity contribution in [2.75, 3.05) is 0 Å². The Hall–Kier alpha value is -8.99. The molecule has 0 saturated carbocycles. The van der Waals surface area contributed by atoms with Gasteiger partial charge in [-0.3, -0.25) is 9.55 Å². The van der Waals surface area contributed by atoms with Crippen LogP contribution in [0, 0.1) is 0 Å². The van der Waals surface area contributed by atoms with Crippen molar-refractivity contribution in [2.24, 2.45) is 0 Å². The number of imidazole rings is 1. The lowest BCUT2D eigenvalue weighted by Gasteiger charge is -2.18. The average molecular weight is 853 g/mol. The van der Waals surface area contributed by atoms with Crippen molar-refractivity contribution < 1.29 is 0 Å². The molecule has 0 fully saturated rings. The Bertz CT molecular complexity index is 3930. The van der Waals surface area contributed by atoms with Crippen LogP contribution >= 0.6 is 0 Å². The summed E-state index contributed by atoms with van der Waals surface area (Å²) in [5.41, 5.74) is 17.2. The minimum absolute atomic E-state index is 0.878. The quantitative estimate of drug-likeness (QED) is 0.118. The molecule has 312 valence electrons. The third-order valence-corrected chi connectivity index (χ3v) is 13.3. The normalized spacial score (nSPS) is 11.6. The summed E-state index contributed by atoms with van der Waals surface area (Å²) in [6.45, 7) is 0. The maximum absolute atomic E-state index is 5.40. The van der Waals surface area contributed by atoms with E-state index >= 15 is 0 Å². The minimum atomic E-state index is 0.878. The third kappa shape index (κ3) is 6.49. The largest absolute Gasteiger partial charge is 0.292 e. The maximum Gasteiger partial charge on any atom is 0.145 e. The first-order valence-corrected chi connectivity index (χ1v) is 22.8. The SMILES string of the molecule is c1ccc(-c2c3ccccc3c(-c3ccc(-n4c(-c5ccc(-c6cc(-c7ccccc7)c7ccc8c(-c9ccccc9)ccnc8c7n6)cc5)nc5ccccc54)cc3)c3ccccc23)cc1. The molecule has 0 aliphatic rings. The molecule has 13 rings (SSSR count). The first-order valence-electron chi connectivity index (χ1n) is 22.8. The van der Waals surface area contributed by atoms with Crippen LogP contribution in [-0.4, -0.2) is 19.5 Å². The monoisotopic (exact) mass is 852 g/mol. The Kier molecular flexibility index (Phi) is 9.14. The van der Waals surface area contributed by atoms with Gasteiger partial charge >= 0.3 is 0 Å². The Morgan fingerprint density at radius 1 is 0.313 bits per heavy atom. The zero-order valence-corrected chi connectivity index (χ0v) is 36.4. The molecule has 0 spiro atoms. The second-order valence-corrected chi connectivity index (χ2v) is 17.1. The lowest BCUT2D eigenvalue weighted by Crippen LogP contribution is -1.98. The Labute approximate surface area is 387 Å². The fraction of sp³-hybridized carbons (Fsp3) is 0. The van der Waals surface area contributed by atoms with Crippen molar-refractivity contribution in [3.63, 3.8) is 0 Å². The van der Waals surface area contributed by atoms with Crippen LogP contribution in [0.3, 0.4) is 0 Å². The van der Waals surface area contributed by atoms with Gasteiger partial charge in [-0.25, -0.2) is 9.97 Å². The maximum atomic E-state index is 5.40. The summed E-state index contributed by atoms with van der Waals surface area (Å²) in [7, 11) is 0. The summed E-state index contributed by atoms with van der Waals surface area (Å²) < 4.78 is 2.28. The van der Waals surface area contributed by atoms with Crippen LogP contribution in [0.25, 0.3) is 127 Å². The number of fused-ring (bicyclic) bond motifs is 6. The number of hydrogen-bond donors (Lipinski definition) is 0. The van der Waals surface area contributed by atoms with Crippen LogP contribution in [-0.2, 0) is 0 Å². The summed E-state index contributed by atoms with van der Waals surface area (Å²) in [4.78, 5) is 15.6. The number of benzene rings is 10. The number of rotatable bonds is 7. The molecule has 4 heteroatoms. The van der Waals surface area contributed by atoms with Gasteiger partial charge in [0.05, 0.1) is 27.8 Å². The fourth-order valence-electron chi connectivity index (χ4n) is 10.2. The number of aromatic nitrogens is 4. The molecule has 67 heavy (non-hydrogen) atoms. The van der Waals surface area contributed by atoms with E-state index in [2.05, 4.69) is 241 Å². The van der Waals surface area contributed by atoms with Crippen LogP contribution < -0.4 is 0 Å². The highest BCUT2D eigenvalue weighted by Crippen LogP contribution is 2.44. The van der Waals surface area contributed by atoms with E-state index in [9.17, 15) is 0 Å². The fourth-order valence-corrected chi connectivity index (χ4v) is 10.2. The zero-order valence-electron chi connectivity index (χ0n) is 36.4. The minimum Gasteiger partial charge on any atom is -0.292 e. The molecule has 0 atom stereocenters. The zero-order chi connectivity index (χ0) is 44.3. The van der Waals surface area contributed by atoms with Crippen molar-refractivity contribution in [2.45, 2.75) is 0 Å². The molecule has 0 N–H and O–H groups in total. The van der Waals surface area contributed by atoms with Crippen molar-refractivity contribution >= 4 is 54.4 Å². The van der Waals surface area contributed by atoms with Crippen molar-refractivity contribution in [3.8, 4) is 72.8 Å². The Balaban J connectivity index is 0.923. The predicted octanol–water partition coefficient (Wildman–Crippen LogP) is 16.4. The molecular weight excluding hydrogens is 813 g/mol. The van der Waals surface area contributed by atoms with Crippen molar-refractivity contribution in [1.29, 1.82) is 0 Å². The first-order chi connectivity index (χ1) is 33.2. The average Bonchev–Trinajstić information content (AvgIpc) is 3.80. The molecule has 0 saturated heterocycles. The van der Waals surface area contributed by atoms with E-state index in [4.69, 9.17) is 15.0 Å². The predicted molar refractivity (Wildman–Crippen MR) is 279 cm³/mol. The third-order valence-electron chi connectivity index (χ3n) is 13.3. The van der Waals surface area contributed by atoms with Gasteiger partial charge in [0, 0.05) is 33.8 Å². The van der Waals surface area contributed by atoms with E-state index in [1.807, 2.05) is 6.20 Å². The van der Waals surface area contributed by atoms with Gasteiger partial charge < -0.3 is 0 Å². The number of hydrogen-bond acceptors (Lipinski definition) is 3. The van der Waals surface area contributed by atoms with Gasteiger partial charge in [-0.05, 0) is 102 Å². The molecular formula is C63H40N4. The first kappa shape index (κ1) is 38.5. The van der Waals surface area contributed by atoms with Gasteiger partial charge in [0.2, 0.25) is 0 Å². The van der Waals surface area contributed by atoms with E-state index < -0.39 is 0 Å². The molecule has 0 bridgehead atoms. The van der Waals surface area contributed by atoms with Gasteiger partial charge in [-0.1, -0.05) is 200 Å². The van der Waals surface area contributed by atoms with Crippen LogP contribution in [0.2, 0.25) is 0 Å². The summed E-state index contributed by atoms with van der Waals surface area (Å²) >= 11 is 0. The van der Waals surface area contributed by atoms with Gasteiger partial charge in [-0.2, -0.15) is 0 Å². The van der Waals surface area contributed by atoms with Gasteiger partial charge in [0.1, 0.15) is 5.82 Å². The van der Waals surface area contributed by atoms with E-state index in [0.717, 1.165) is 83.4 Å². The van der Waals surface area contributed by atoms with Crippen LogP contribution in [0.5, 0.6) is 0 Å². The molecule has 13 aromatic rings. The summed E-state index contributed by atoms with van der Waals surface area (Å²) in [5.74, 6) is 0.878. The molecule has 10 aromatic carbocycles. The molecule has 3 heterocycles. The molecule has 0 radical (unpaired) electrons. The lowest BCUT2D eigenvalue weighted by molar-refractivity contribution is 1.10. The van der Waals surface area contributed by atoms with E-state index in [1.54, 1.807) is 0 Å². The van der Waals surface area contributed by atoms with Crippen molar-refractivity contribution in [1.82, 2.24) is 19.5 Å². The van der Waals surface area contributed by atoms with E-state index in [-0.39, 0.29) is 0 Å². The van der Waals surface area contributed by atoms with Crippen LogP contribution in [0.1, 0.15) is 0 Å². The van der Waals surface area contributed by atoms with Crippen LogP contribution in [0.4, 0.5) is 0 Å². The highest BCUT2D eigenvalue weighted by Gasteiger charge is 2.20. The van der Waals surface area contributed by atoms with Gasteiger partial charge in [0.25, 0.3) is 0 Å². The lowest BCUT2D eigenvalue weighted by atomic mass is 9.86. The number of nitrogens with zero attached hydrogens (tertiary/aromatic N) is 4. The highest BCUT2D eigenvalue weighted by molar-refractivity contribution is 6.21. The molecule has 0 aliphatic heterocycles. The Morgan fingerprint density at radius 3 is 1.40 bits per heavy atom. The summed E-state index contributed by atoms with van der Waals surface area (Å²) in [6.07, 6.45) is 1.91. The number of para-hydroxylation sites is 2. The van der Waals surface area contributed by atoms with E-state index in [1.165, 1.54) is 43.8 Å². The summed E-state index contributed by atoms with van der Waals surface area (Å²) in [5, 5.41) is 7.11. The molecule has 0 amide bonds. The van der Waals surface area contributed by atoms with Gasteiger partial charge in [0.15, 0.2) is 0 Å². The number of pyridine rings is 2. The van der Waals surface area contributed by atoms with Crippen LogP contribution in [0.15, 0.2) is 243 Å². The molecule has 3 aromatic heterocycles. The Morgan fingerprint density at radius 2 is 0.791 bits per heavy atom. The highest BCUT2D eigenvalue weighted by atomic mass is 15.1. The second-order valence-electron chi connectivity index (χ2n) is 17.1. The standard InChI is InChI=1S/C63H40N4/c1-4-16-41(17-5-1)48-38-39-64-61-53(48)36-37-54-55(42-18-6-2-7-19-42)40-57(65-62(54)61)43-28-30-46(31-29-43)63-66-56-26-14-15-27-58(56)67(63)47-34-32-45(33-35-47)60-51-24-12-10-22-49(51)59(44-20-8-3-9-21-44)50-23-11-13-25-52(50)60/h1-40H. The second kappa shape index (κ2) is 15.9. The summed E-state index contributed by atoms with van der Waals surface area (Å²) in [6, 6.07) is 84.3. The molecule has 0 unspecified atom stereocenters. The van der Waals surface area contributed by atoms with Crippen molar-refractivity contribution in [3.05, 3.63) is 243 Å². The molecule has 0 aliphatic carbocycles.